The Morgan fingerprint density at radius 2 is 1.77 bits per heavy atom. The first-order valence-corrected chi connectivity index (χ1v) is 8.89. The number of rotatable bonds is 7. The van der Waals surface area contributed by atoms with Crippen LogP contribution in [-0.4, -0.2) is 33.3 Å². The van der Waals surface area contributed by atoms with E-state index in [1.807, 2.05) is 0 Å². The smallest absolute Gasteiger partial charge is 0.423 e. The first-order valence-electron chi connectivity index (χ1n) is 8.48. The molecule has 9 nitrogen and oxygen atoms in total. The molecule has 166 valence electrons. The summed E-state index contributed by atoms with van der Waals surface area (Å²) in [7, 11) is 0. The summed E-state index contributed by atoms with van der Waals surface area (Å²) < 4.78 is 44.5. The van der Waals surface area contributed by atoms with Crippen molar-refractivity contribution in [2.75, 3.05) is 17.2 Å². The second kappa shape index (κ2) is 9.14. The highest BCUT2D eigenvalue weighted by Crippen LogP contribution is 2.37. The van der Waals surface area contributed by atoms with Crippen LogP contribution in [0.15, 0.2) is 42.5 Å². The predicted octanol–water partition coefficient (Wildman–Crippen LogP) is 3.04. The first kappa shape index (κ1) is 23.8. The lowest BCUT2D eigenvalue weighted by Gasteiger charge is -2.23. The molecule has 1 amide bonds. The number of hydrogen-bond donors (Lipinski definition) is 4. The van der Waals surface area contributed by atoms with Gasteiger partial charge in [0, 0.05) is 17.4 Å². The lowest BCUT2D eigenvalue weighted by atomic mass is 10.1. The number of halogens is 3. The number of nitrogens with zero attached hydrogens (tertiary/aromatic N) is 1. The molecular formula is C18H17F3N4O5S. The minimum atomic E-state index is -5.01. The van der Waals surface area contributed by atoms with Gasteiger partial charge in [-0.15, -0.1) is 0 Å². The fourth-order valence-electron chi connectivity index (χ4n) is 2.33. The van der Waals surface area contributed by atoms with E-state index in [9.17, 15) is 33.2 Å². The van der Waals surface area contributed by atoms with Crippen molar-refractivity contribution in [3.8, 4) is 5.75 Å². The van der Waals surface area contributed by atoms with Gasteiger partial charge in [0.1, 0.15) is 17.9 Å². The van der Waals surface area contributed by atoms with Gasteiger partial charge < -0.3 is 26.2 Å². The number of nitro groups is 1. The van der Waals surface area contributed by atoms with E-state index in [0.29, 0.717) is 17.8 Å². The molecular weight excluding hydrogens is 441 g/mol. The van der Waals surface area contributed by atoms with Crippen LogP contribution in [0.2, 0.25) is 0 Å². The molecule has 1 atom stereocenters. The molecule has 0 unspecified atom stereocenters. The number of ether oxygens (including phenoxy) is 1. The second-order valence-electron chi connectivity index (χ2n) is 6.52. The highest BCUT2D eigenvalue weighted by atomic mass is 32.1. The van der Waals surface area contributed by atoms with Crippen molar-refractivity contribution < 1.29 is 32.7 Å². The fourth-order valence-corrected chi connectivity index (χ4v) is 2.45. The number of alkyl halides is 3. The molecule has 0 saturated carbocycles. The van der Waals surface area contributed by atoms with E-state index in [0.717, 1.165) is 13.0 Å². The van der Waals surface area contributed by atoms with Crippen molar-refractivity contribution in [1.82, 2.24) is 0 Å². The number of nitrogens with one attached hydrogen (secondary N) is 2. The summed E-state index contributed by atoms with van der Waals surface area (Å²) in [5.41, 5.74) is 0.736. The Morgan fingerprint density at radius 1 is 1.19 bits per heavy atom. The van der Waals surface area contributed by atoms with Crippen molar-refractivity contribution in [2.24, 2.45) is 5.73 Å². The number of nitrogens with two attached hydrogens (primary N) is 1. The van der Waals surface area contributed by atoms with Crippen LogP contribution < -0.4 is 21.1 Å². The van der Waals surface area contributed by atoms with Crippen LogP contribution in [0.1, 0.15) is 12.5 Å². The topological polar surface area (TPSA) is 140 Å². The molecule has 5 N–H and O–H groups in total. The summed E-state index contributed by atoms with van der Waals surface area (Å²) in [5, 5.41) is 26.0. The number of carbonyl (C=O) groups is 1. The third-order valence-corrected chi connectivity index (χ3v) is 3.99. The van der Waals surface area contributed by atoms with Gasteiger partial charge in [-0.2, -0.15) is 13.2 Å². The molecule has 0 aliphatic rings. The van der Waals surface area contributed by atoms with Gasteiger partial charge in [0.2, 0.25) is 0 Å². The maximum absolute atomic E-state index is 13.1. The summed E-state index contributed by atoms with van der Waals surface area (Å²) in [5.74, 6) is -0.780. The molecule has 0 bridgehead atoms. The van der Waals surface area contributed by atoms with Crippen LogP contribution in [0, 0.1) is 10.1 Å². The zero-order valence-corrected chi connectivity index (χ0v) is 16.7. The van der Waals surface area contributed by atoms with Crippen LogP contribution >= 0.6 is 12.2 Å². The van der Waals surface area contributed by atoms with E-state index in [1.165, 1.54) is 12.1 Å². The van der Waals surface area contributed by atoms with Gasteiger partial charge in [-0.1, -0.05) is 0 Å². The third-order valence-electron chi connectivity index (χ3n) is 3.89. The highest BCUT2D eigenvalue weighted by molar-refractivity contribution is 7.80. The molecule has 0 aliphatic carbocycles. The second-order valence-corrected chi connectivity index (χ2v) is 6.96. The average molecular weight is 458 g/mol. The number of carbonyl (C=O) groups excluding carboxylic acids is 1. The van der Waals surface area contributed by atoms with Crippen LogP contribution in [0.25, 0.3) is 0 Å². The van der Waals surface area contributed by atoms with E-state index < -0.39 is 40.5 Å². The van der Waals surface area contributed by atoms with Crippen LogP contribution in [-0.2, 0) is 11.0 Å². The number of amides is 1. The van der Waals surface area contributed by atoms with Crippen LogP contribution in [0.5, 0.6) is 5.75 Å². The van der Waals surface area contributed by atoms with Gasteiger partial charge in [0.05, 0.1) is 4.92 Å². The average Bonchev–Trinajstić information content (AvgIpc) is 2.66. The molecule has 0 aromatic heterocycles. The first-order chi connectivity index (χ1) is 14.3. The summed E-state index contributed by atoms with van der Waals surface area (Å²) in [6.45, 7) is 0.571. The molecule has 2 aromatic rings. The minimum absolute atomic E-state index is 0.0631. The van der Waals surface area contributed by atoms with Crippen LogP contribution in [0.3, 0.4) is 0 Å². The van der Waals surface area contributed by atoms with Gasteiger partial charge in [-0.3, -0.25) is 14.9 Å². The van der Waals surface area contributed by atoms with Crippen molar-refractivity contribution in [2.45, 2.75) is 18.7 Å². The van der Waals surface area contributed by atoms with Crippen molar-refractivity contribution in [3.63, 3.8) is 0 Å². The standard InChI is InChI=1S/C18H17F3N4O5S/c1-17(27,9-30-12-5-2-10(3-6-12)24-16(22)31)15(26)23-11-4-7-14(25(28)29)13(8-11)18(19,20)21/h2-8,27H,9H2,1H3,(H,23,26)(H3,22,24,31)/t17-/m0/s1. The lowest BCUT2D eigenvalue weighted by molar-refractivity contribution is -0.388. The number of anilines is 2. The summed E-state index contributed by atoms with van der Waals surface area (Å²) in [6, 6.07) is 8.15. The Morgan fingerprint density at radius 3 is 2.29 bits per heavy atom. The number of thiocarbonyl (C=S) groups is 1. The monoisotopic (exact) mass is 458 g/mol. The molecule has 0 fully saturated rings. The van der Waals surface area contributed by atoms with Crippen molar-refractivity contribution in [1.29, 1.82) is 0 Å². The Balaban J connectivity index is 2.08. The van der Waals surface area contributed by atoms with Crippen molar-refractivity contribution >= 4 is 40.3 Å². The molecule has 2 rings (SSSR count). The Kier molecular flexibility index (Phi) is 7.02. The summed E-state index contributed by atoms with van der Waals surface area (Å²) in [4.78, 5) is 21.9. The Bertz CT molecular complexity index is 997. The number of nitro benzene ring substituents is 1. The summed E-state index contributed by atoms with van der Waals surface area (Å²) >= 11 is 4.70. The Labute approximate surface area is 179 Å². The lowest BCUT2D eigenvalue weighted by Crippen LogP contribution is -2.45. The fraction of sp³-hybridized carbons (Fsp3) is 0.222. The van der Waals surface area contributed by atoms with E-state index in [4.69, 9.17) is 22.7 Å². The summed E-state index contributed by atoms with van der Waals surface area (Å²) in [6.07, 6.45) is -5.01. The van der Waals surface area contributed by atoms with E-state index in [-0.39, 0.29) is 16.5 Å². The number of aliphatic hydroxyl groups is 1. The third kappa shape index (κ3) is 6.52. The highest BCUT2D eigenvalue weighted by Gasteiger charge is 2.39. The molecule has 0 heterocycles. The van der Waals surface area contributed by atoms with Gasteiger partial charge in [0.25, 0.3) is 11.6 Å². The SMILES string of the molecule is C[C@](O)(COc1ccc(NC(N)=S)cc1)C(=O)Nc1ccc([N+](=O)[O-])c(C(F)(F)F)c1. The number of benzene rings is 2. The van der Waals surface area contributed by atoms with E-state index in [2.05, 4.69) is 10.6 Å². The van der Waals surface area contributed by atoms with Gasteiger partial charge in [0.15, 0.2) is 10.7 Å². The molecule has 0 aliphatic heterocycles. The number of hydrogen-bond acceptors (Lipinski definition) is 6. The zero-order chi connectivity index (χ0) is 23.4. The molecule has 2 aromatic carbocycles. The molecule has 0 radical (unpaired) electrons. The van der Waals surface area contributed by atoms with Crippen molar-refractivity contribution in [3.05, 3.63) is 58.1 Å². The maximum atomic E-state index is 13.1. The predicted molar refractivity (Wildman–Crippen MR) is 110 cm³/mol. The molecule has 0 saturated heterocycles. The Hall–Kier alpha value is -3.45. The zero-order valence-electron chi connectivity index (χ0n) is 15.9. The van der Waals surface area contributed by atoms with Gasteiger partial charge in [-0.25, -0.2) is 0 Å². The quantitative estimate of drug-likeness (QED) is 0.282. The normalized spacial score (nSPS) is 13.1. The molecule has 13 heteroatoms. The van der Waals surface area contributed by atoms with E-state index >= 15 is 0 Å². The van der Waals surface area contributed by atoms with Crippen LogP contribution in [0.4, 0.5) is 30.2 Å². The largest absolute Gasteiger partial charge is 0.490 e. The van der Waals surface area contributed by atoms with Gasteiger partial charge in [-0.05, 0) is 55.5 Å². The minimum Gasteiger partial charge on any atom is -0.490 e. The van der Waals surface area contributed by atoms with E-state index in [1.54, 1.807) is 12.1 Å². The molecule has 31 heavy (non-hydrogen) atoms. The maximum Gasteiger partial charge on any atom is 0.423 e. The molecule has 0 spiro atoms. The van der Waals surface area contributed by atoms with Gasteiger partial charge >= 0.3 is 6.18 Å².